The molecule has 118 valence electrons. The molecule has 3 aromatic rings. The maximum absolute atomic E-state index is 6.22. The predicted molar refractivity (Wildman–Crippen MR) is 101 cm³/mol. The zero-order valence-electron chi connectivity index (χ0n) is 12.2. The Hall–Kier alpha value is -1.40. The first-order chi connectivity index (χ1) is 11.2. The molecule has 1 aromatic carbocycles. The van der Waals surface area contributed by atoms with Crippen LogP contribution in [0.2, 0.25) is 10.0 Å². The summed E-state index contributed by atoms with van der Waals surface area (Å²) < 4.78 is 1.84. The van der Waals surface area contributed by atoms with Gasteiger partial charge in [-0.05, 0) is 24.4 Å². The van der Waals surface area contributed by atoms with Crippen molar-refractivity contribution in [2.45, 2.75) is 6.92 Å². The average Bonchev–Trinajstić information content (AvgIpc) is 3.19. The van der Waals surface area contributed by atoms with Crippen LogP contribution in [-0.2, 0) is 0 Å². The number of hydrogen-bond donors (Lipinski definition) is 0. The third-order valence-electron chi connectivity index (χ3n) is 3.05. The Morgan fingerprint density at radius 1 is 1.17 bits per heavy atom. The maximum atomic E-state index is 6.22. The van der Waals surface area contributed by atoms with Crippen LogP contribution in [0.4, 0.5) is 0 Å². The number of halogens is 2. The lowest BCUT2D eigenvalue weighted by molar-refractivity contribution is 0.834. The van der Waals surface area contributed by atoms with Crippen LogP contribution in [-0.4, -0.2) is 17.4 Å². The van der Waals surface area contributed by atoms with Gasteiger partial charge in [0.2, 0.25) is 4.80 Å². The zero-order valence-corrected chi connectivity index (χ0v) is 15.4. The van der Waals surface area contributed by atoms with E-state index >= 15 is 0 Å². The first-order valence-electron chi connectivity index (χ1n) is 6.94. The molecule has 3 rings (SSSR count). The summed E-state index contributed by atoms with van der Waals surface area (Å²) in [6, 6.07) is 9.59. The monoisotopic (exact) mass is 381 g/mol. The Morgan fingerprint density at radius 2 is 2.04 bits per heavy atom. The van der Waals surface area contributed by atoms with E-state index in [1.165, 1.54) is 0 Å². The molecule has 3 nitrogen and oxygen atoms in total. The number of aromatic nitrogens is 1. The first kappa shape index (κ1) is 16.5. The van der Waals surface area contributed by atoms with Gasteiger partial charge in [0.15, 0.2) is 0 Å². The summed E-state index contributed by atoms with van der Waals surface area (Å²) >= 11 is 15.5. The minimum atomic E-state index is 0.500. The topological polar surface area (TPSA) is 29.6 Å². The minimum Gasteiger partial charge on any atom is -0.258 e. The van der Waals surface area contributed by atoms with Crippen LogP contribution < -0.4 is 4.80 Å². The lowest BCUT2D eigenvalue weighted by atomic mass is 10.2. The molecule has 0 saturated carbocycles. The van der Waals surface area contributed by atoms with Gasteiger partial charge < -0.3 is 0 Å². The molecule has 0 saturated heterocycles. The van der Waals surface area contributed by atoms with Crippen molar-refractivity contribution in [3.8, 4) is 10.6 Å². The van der Waals surface area contributed by atoms with Gasteiger partial charge >= 0.3 is 0 Å². The maximum Gasteiger partial charge on any atom is 0.206 e. The van der Waals surface area contributed by atoms with Crippen molar-refractivity contribution in [3.05, 3.63) is 61.5 Å². The second kappa shape index (κ2) is 7.45. The zero-order chi connectivity index (χ0) is 16.2. The smallest absolute Gasteiger partial charge is 0.206 e. The van der Waals surface area contributed by atoms with Gasteiger partial charge in [0.1, 0.15) is 0 Å². The van der Waals surface area contributed by atoms with Gasteiger partial charge in [0, 0.05) is 17.5 Å². The summed E-state index contributed by atoms with van der Waals surface area (Å²) in [5, 5.41) is 9.72. The highest BCUT2D eigenvalue weighted by molar-refractivity contribution is 7.14. The van der Waals surface area contributed by atoms with Crippen molar-refractivity contribution in [3.63, 3.8) is 0 Å². The minimum absolute atomic E-state index is 0.500. The molecule has 0 amide bonds. The molecule has 0 fully saturated rings. The van der Waals surface area contributed by atoms with Crippen LogP contribution in [0, 0.1) is 0 Å². The molecule has 0 unspecified atom stereocenters. The largest absolute Gasteiger partial charge is 0.258 e. The van der Waals surface area contributed by atoms with Crippen LogP contribution in [0.25, 0.3) is 10.6 Å². The summed E-state index contributed by atoms with van der Waals surface area (Å²) in [7, 11) is 0. The first-order valence-corrected chi connectivity index (χ1v) is 9.45. The molecule has 0 aliphatic heterocycles. The fourth-order valence-corrected chi connectivity index (χ4v) is 4.04. The van der Waals surface area contributed by atoms with E-state index < -0.39 is 0 Å². The van der Waals surface area contributed by atoms with Crippen molar-refractivity contribution < 1.29 is 0 Å². The van der Waals surface area contributed by atoms with Crippen LogP contribution >= 0.6 is 45.9 Å². The number of thiazole rings is 1. The second-order valence-corrected chi connectivity index (χ2v) is 7.12. The Labute approximate surface area is 152 Å². The number of benzene rings is 1. The average molecular weight is 382 g/mol. The van der Waals surface area contributed by atoms with Gasteiger partial charge in [-0.3, -0.25) is 4.99 Å². The molecular formula is C16H13Cl2N3S2. The molecular weight excluding hydrogens is 369 g/mol. The summed E-state index contributed by atoms with van der Waals surface area (Å²) in [5.74, 6) is 0. The van der Waals surface area contributed by atoms with E-state index in [9.17, 15) is 0 Å². The number of thiophene rings is 1. The standard InChI is InChI=1S/C16H13Cl2N3S2/c1-2-19-16-21(13(10-23-16)14-7-4-8-22-14)20-9-11-5-3-6-12(17)15(11)18/h3-10H,2H2,1H3. The van der Waals surface area contributed by atoms with E-state index in [2.05, 4.69) is 21.5 Å². The van der Waals surface area contributed by atoms with Crippen LogP contribution in [0.5, 0.6) is 0 Å². The van der Waals surface area contributed by atoms with Gasteiger partial charge in [0.25, 0.3) is 0 Å². The highest BCUT2D eigenvalue weighted by Gasteiger charge is 2.08. The molecule has 0 aliphatic carbocycles. The Morgan fingerprint density at radius 3 is 2.78 bits per heavy atom. The summed E-state index contributed by atoms with van der Waals surface area (Å²) in [6.07, 6.45) is 1.72. The molecule has 2 aromatic heterocycles. The highest BCUT2D eigenvalue weighted by Crippen LogP contribution is 2.26. The van der Waals surface area contributed by atoms with Gasteiger partial charge in [-0.1, -0.05) is 41.4 Å². The number of hydrogen-bond acceptors (Lipinski definition) is 4. The molecule has 23 heavy (non-hydrogen) atoms. The van der Waals surface area contributed by atoms with Gasteiger partial charge in [-0.15, -0.1) is 22.7 Å². The molecule has 7 heteroatoms. The van der Waals surface area contributed by atoms with Gasteiger partial charge in [-0.25, -0.2) is 4.68 Å². The number of rotatable bonds is 4. The normalized spacial score (nSPS) is 12.4. The Balaban J connectivity index is 2.08. The van der Waals surface area contributed by atoms with Crippen molar-refractivity contribution in [1.82, 2.24) is 4.68 Å². The number of nitrogens with zero attached hydrogens (tertiary/aromatic N) is 3. The molecule has 0 bridgehead atoms. The fraction of sp³-hybridized carbons (Fsp3) is 0.125. The fourth-order valence-electron chi connectivity index (χ4n) is 1.99. The Bertz CT molecular complexity index is 892. The second-order valence-electron chi connectivity index (χ2n) is 4.55. The van der Waals surface area contributed by atoms with E-state index in [-0.39, 0.29) is 0 Å². The predicted octanol–water partition coefficient (Wildman–Crippen LogP) is 5.39. The quantitative estimate of drug-likeness (QED) is 0.542. The van der Waals surface area contributed by atoms with Crippen LogP contribution in [0.15, 0.2) is 51.2 Å². The molecule has 2 heterocycles. The molecule has 0 atom stereocenters. The Kier molecular flexibility index (Phi) is 5.33. The third-order valence-corrected chi connectivity index (χ3v) is 5.63. The highest BCUT2D eigenvalue weighted by atomic mass is 35.5. The molecule has 0 spiro atoms. The molecule has 0 N–H and O–H groups in total. The van der Waals surface area contributed by atoms with Crippen LogP contribution in [0.3, 0.4) is 0 Å². The third kappa shape index (κ3) is 3.58. The van der Waals surface area contributed by atoms with E-state index in [1.54, 1.807) is 35.0 Å². The lowest BCUT2D eigenvalue weighted by Crippen LogP contribution is -2.12. The van der Waals surface area contributed by atoms with Gasteiger partial charge in [0.05, 0.1) is 26.8 Å². The van der Waals surface area contributed by atoms with Crippen LogP contribution in [0.1, 0.15) is 12.5 Å². The summed E-state index contributed by atoms with van der Waals surface area (Å²) in [5.41, 5.74) is 1.80. The van der Waals surface area contributed by atoms with Crippen molar-refractivity contribution in [2.24, 2.45) is 10.1 Å². The van der Waals surface area contributed by atoms with E-state index in [4.69, 9.17) is 23.2 Å². The lowest BCUT2D eigenvalue weighted by Gasteiger charge is -2.02. The molecule has 0 aliphatic rings. The SMILES string of the molecule is CCN=c1scc(-c2cccs2)n1N=Cc1cccc(Cl)c1Cl. The van der Waals surface area contributed by atoms with Crippen molar-refractivity contribution in [1.29, 1.82) is 0 Å². The van der Waals surface area contributed by atoms with Crippen molar-refractivity contribution in [2.75, 3.05) is 6.54 Å². The van der Waals surface area contributed by atoms with Gasteiger partial charge in [-0.2, -0.15) is 5.10 Å². The van der Waals surface area contributed by atoms with E-state index in [1.807, 2.05) is 35.2 Å². The van der Waals surface area contributed by atoms with E-state index in [0.29, 0.717) is 16.6 Å². The van der Waals surface area contributed by atoms with Crippen molar-refractivity contribution >= 4 is 52.1 Å². The molecule has 0 radical (unpaired) electrons. The summed E-state index contributed by atoms with van der Waals surface area (Å²) in [4.78, 5) is 6.50. The summed E-state index contributed by atoms with van der Waals surface area (Å²) in [6.45, 7) is 2.71. The van der Waals surface area contributed by atoms with E-state index in [0.717, 1.165) is 20.9 Å².